The summed E-state index contributed by atoms with van der Waals surface area (Å²) in [6, 6.07) is 9.01. The topological polar surface area (TPSA) is 81.8 Å². The van der Waals surface area contributed by atoms with Gasteiger partial charge in [-0.15, -0.1) is 0 Å². The zero-order chi connectivity index (χ0) is 24.6. The fraction of sp³-hybridized carbons (Fsp3) is 0.304. The van der Waals surface area contributed by atoms with Crippen molar-refractivity contribution in [3.63, 3.8) is 0 Å². The summed E-state index contributed by atoms with van der Waals surface area (Å²) >= 11 is 0. The molecule has 7 nitrogen and oxygen atoms in total. The number of aldehydes is 1. The fourth-order valence-electron chi connectivity index (χ4n) is 3.12. The Labute approximate surface area is 189 Å². The Morgan fingerprint density at radius 3 is 2.27 bits per heavy atom. The number of nitrogens with zero attached hydrogens (tertiary/aromatic N) is 3. The van der Waals surface area contributed by atoms with E-state index in [0.29, 0.717) is 23.1 Å². The lowest BCUT2D eigenvalue weighted by Gasteiger charge is -2.15. The van der Waals surface area contributed by atoms with E-state index in [9.17, 15) is 18.0 Å². The first-order chi connectivity index (χ1) is 15.6. The van der Waals surface area contributed by atoms with E-state index in [1.807, 2.05) is 0 Å². The van der Waals surface area contributed by atoms with Gasteiger partial charge in [0.2, 0.25) is 0 Å². The molecule has 0 unspecified atom stereocenters. The molecular formula is C23H24F3N3O4. The van der Waals surface area contributed by atoms with Crippen LogP contribution in [0.5, 0.6) is 0 Å². The highest BCUT2D eigenvalue weighted by Gasteiger charge is 2.34. The molecule has 2 aromatic rings. The van der Waals surface area contributed by atoms with Crippen molar-refractivity contribution >= 4 is 23.4 Å². The zero-order valence-corrected chi connectivity index (χ0v) is 18.9. The van der Waals surface area contributed by atoms with E-state index in [1.54, 1.807) is 32.0 Å². The van der Waals surface area contributed by atoms with E-state index in [2.05, 4.69) is 20.3 Å². The molecule has 2 rings (SSSR count). The van der Waals surface area contributed by atoms with E-state index in [0.717, 1.165) is 11.6 Å². The van der Waals surface area contributed by atoms with Gasteiger partial charge in [-0.1, -0.05) is 45.8 Å². The molecule has 2 aromatic carbocycles. The smallest absolute Gasteiger partial charge is 0.399 e. The van der Waals surface area contributed by atoms with E-state index in [1.165, 1.54) is 33.3 Å². The van der Waals surface area contributed by atoms with Gasteiger partial charge in [0.15, 0.2) is 6.29 Å². The molecule has 0 bridgehead atoms. The molecule has 0 radical (unpaired) electrons. The Kier molecular flexibility index (Phi) is 8.72. The molecule has 0 aliphatic rings. The van der Waals surface area contributed by atoms with E-state index >= 15 is 0 Å². The van der Waals surface area contributed by atoms with Crippen LogP contribution in [-0.2, 0) is 32.1 Å². The average molecular weight is 463 g/mol. The minimum Gasteiger partial charge on any atom is -0.399 e. The highest BCUT2D eigenvalue weighted by Crippen LogP contribution is 2.33. The van der Waals surface area contributed by atoms with Crippen LogP contribution >= 0.6 is 0 Å². The van der Waals surface area contributed by atoms with Gasteiger partial charge in [0, 0.05) is 16.7 Å². The molecule has 0 aliphatic carbocycles. The number of carbonyl (C=O) groups excluding carboxylic acids is 1. The molecule has 176 valence electrons. The second kappa shape index (κ2) is 11.3. The summed E-state index contributed by atoms with van der Waals surface area (Å²) in [5.41, 5.74) is 1.54. The molecule has 0 aromatic heterocycles. The second-order valence-corrected chi connectivity index (χ2v) is 6.95. The third-order valence-corrected chi connectivity index (χ3v) is 4.76. The maximum Gasteiger partial charge on any atom is 0.417 e. The van der Waals surface area contributed by atoms with Crippen LogP contribution in [0.15, 0.2) is 51.9 Å². The van der Waals surface area contributed by atoms with Gasteiger partial charge in [-0.3, -0.25) is 4.79 Å². The molecule has 0 saturated carbocycles. The first kappa shape index (κ1) is 25.6. The number of carbonyl (C=O) groups is 1. The van der Waals surface area contributed by atoms with Crippen LogP contribution in [0.2, 0.25) is 0 Å². The third kappa shape index (κ3) is 6.41. The molecular weight excluding hydrogens is 439 g/mol. The van der Waals surface area contributed by atoms with Crippen molar-refractivity contribution in [2.24, 2.45) is 15.5 Å². The van der Waals surface area contributed by atoms with Gasteiger partial charge in [-0.05, 0) is 38.0 Å². The average Bonchev–Trinajstić information content (AvgIpc) is 2.77. The van der Waals surface area contributed by atoms with Crippen molar-refractivity contribution in [1.29, 1.82) is 0 Å². The Bertz CT molecular complexity index is 1090. The number of benzene rings is 2. The molecule has 0 heterocycles. The van der Waals surface area contributed by atoms with Gasteiger partial charge < -0.3 is 14.5 Å². The van der Waals surface area contributed by atoms with Crippen molar-refractivity contribution in [2.75, 3.05) is 14.2 Å². The minimum absolute atomic E-state index is 0.0338. The van der Waals surface area contributed by atoms with Crippen molar-refractivity contribution in [1.82, 2.24) is 0 Å². The van der Waals surface area contributed by atoms with Gasteiger partial charge in [0.25, 0.3) is 0 Å². The van der Waals surface area contributed by atoms with Gasteiger partial charge in [0.1, 0.15) is 26.5 Å². The van der Waals surface area contributed by atoms with Crippen LogP contribution in [0, 0.1) is 6.92 Å². The monoisotopic (exact) mass is 463 g/mol. The summed E-state index contributed by atoms with van der Waals surface area (Å²) in [5.74, 6) is 0. The fourth-order valence-corrected chi connectivity index (χ4v) is 3.12. The lowest BCUT2D eigenvalue weighted by molar-refractivity contribution is -0.137. The number of hydrogen-bond donors (Lipinski definition) is 0. The summed E-state index contributed by atoms with van der Waals surface area (Å²) in [4.78, 5) is 26.1. The highest BCUT2D eigenvalue weighted by atomic mass is 19.4. The predicted octanol–water partition coefficient (Wildman–Crippen LogP) is 4.87. The number of halogens is 3. The number of alkyl halides is 3. The van der Waals surface area contributed by atoms with Gasteiger partial charge in [-0.25, -0.2) is 0 Å². The van der Waals surface area contributed by atoms with Crippen LogP contribution in [0.4, 0.5) is 13.2 Å². The highest BCUT2D eigenvalue weighted by molar-refractivity contribution is 6.36. The maximum atomic E-state index is 13.7. The lowest BCUT2D eigenvalue weighted by atomic mass is 9.98. The minimum atomic E-state index is -4.62. The van der Waals surface area contributed by atoms with Crippen LogP contribution in [-0.4, -0.2) is 37.6 Å². The Hall–Kier alpha value is -3.69. The molecule has 10 heteroatoms. The van der Waals surface area contributed by atoms with Crippen molar-refractivity contribution in [3.8, 4) is 0 Å². The van der Waals surface area contributed by atoms with Crippen LogP contribution in [0.3, 0.4) is 0 Å². The molecule has 0 amide bonds. The van der Waals surface area contributed by atoms with Gasteiger partial charge in [0.05, 0.1) is 17.0 Å². The van der Waals surface area contributed by atoms with Crippen molar-refractivity contribution in [2.45, 2.75) is 33.6 Å². The third-order valence-electron chi connectivity index (χ3n) is 4.76. The second-order valence-electron chi connectivity index (χ2n) is 6.95. The summed E-state index contributed by atoms with van der Waals surface area (Å²) in [5, 5.41) is 11.3. The summed E-state index contributed by atoms with van der Waals surface area (Å²) in [6.45, 7) is 4.68. The Morgan fingerprint density at radius 2 is 1.67 bits per heavy atom. The number of rotatable bonds is 9. The zero-order valence-electron chi connectivity index (χ0n) is 18.9. The quantitative estimate of drug-likeness (QED) is 0.302. The molecule has 0 saturated heterocycles. The van der Waals surface area contributed by atoms with Crippen LogP contribution < -0.4 is 0 Å². The predicted molar refractivity (Wildman–Crippen MR) is 118 cm³/mol. The van der Waals surface area contributed by atoms with Crippen LogP contribution in [0.25, 0.3) is 0 Å². The molecule has 0 atom stereocenters. The number of aryl methyl sites for hydroxylation is 1. The standard InChI is InChI=1S/C23H24F3N3O4/c1-14-7-6-8-19(22(12-30)29-32-5)20(14)13-33-28-16(3)18-10-9-17(15(2)27-31-4)11-21(18)23(24,25)26/h6-12H,13H2,1-5H3/b27-15-,28-16+,29-22-. The molecule has 0 spiro atoms. The normalized spacial score (nSPS) is 13.0. The van der Waals surface area contributed by atoms with Crippen molar-refractivity contribution < 1.29 is 32.5 Å². The molecule has 0 N–H and O–H groups in total. The maximum absolute atomic E-state index is 13.7. The number of oxime groups is 3. The SMILES string of the molecule is CO/N=C(/C)c1ccc(/C(C)=N/OCc2c(C)cccc2/C(C=O)=N\OC)c(C(F)(F)F)c1. The summed E-state index contributed by atoms with van der Waals surface area (Å²) < 4.78 is 41.1. The molecule has 33 heavy (non-hydrogen) atoms. The first-order valence-electron chi connectivity index (χ1n) is 9.75. The van der Waals surface area contributed by atoms with E-state index in [-0.39, 0.29) is 29.2 Å². The molecule has 0 fully saturated rings. The van der Waals surface area contributed by atoms with Crippen LogP contribution in [0.1, 0.15) is 47.2 Å². The lowest BCUT2D eigenvalue weighted by Crippen LogP contribution is -2.14. The Balaban J connectivity index is 2.38. The molecule has 0 aliphatic heterocycles. The van der Waals surface area contributed by atoms with E-state index < -0.39 is 11.7 Å². The van der Waals surface area contributed by atoms with Gasteiger partial charge >= 0.3 is 6.18 Å². The summed E-state index contributed by atoms with van der Waals surface area (Å²) in [7, 11) is 2.63. The largest absolute Gasteiger partial charge is 0.417 e. The number of hydrogen-bond acceptors (Lipinski definition) is 7. The van der Waals surface area contributed by atoms with E-state index in [4.69, 9.17) is 9.68 Å². The van der Waals surface area contributed by atoms with Crippen molar-refractivity contribution in [3.05, 3.63) is 69.8 Å². The van der Waals surface area contributed by atoms with Gasteiger partial charge in [-0.2, -0.15) is 13.2 Å². The Morgan fingerprint density at radius 1 is 0.970 bits per heavy atom. The first-order valence-corrected chi connectivity index (χ1v) is 9.75. The summed E-state index contributed by atoms with van der Waals surface area (Å²) in [6.07, 6.45) is -4.07.